The van der Waals surface area contributed by atoms with E-state index in [9.17, 15) is 18.8 Å². The average molecular weight is 355 g/mol. The van der Waals surface area contributed by atoms with E-state index in [-0.39, 0.29) is 30.7 Å². The molecular weight excluding hydrogens is 337 g/mol. The van der Waals surface area contributed by atoms with Crippen LogP contribution in [-0.4, -0.2) is 29.3 Å². The van der Waals surface area contributed by atoms with E-state index in [1.165, 1.54) is 6.07 Å². The van der Waals surface area contributed by atoms with Gasteiger partial charge in [-0.15, -0.1) is 0 Å². The van der Waals surface area contributed by atoms with E-state index in [4.69, 9.17) is 0 Å². The minimum atomic E-state index is -0.502. The number of hydrogen-bond acceptors (Lipinski definition) is 3. The van der Waals surface area contributed by atoms with Gasteiger partial charge >= 0.3 is 6.03 Å². The molecule has 2 aromatic rings. The number of nitrogens with zero attached hydrogens (tertiary/aromatic N) is 1. The highest BCUT2D eigenvalue weighted by atomic mass is 19.1. The molecule has 0 unspecified atom stereocenters. The molecule has 6 nitrogen and oxygen atoms in total. The molecule has 1 aliphatic rings. The van der Waals surface area contributed by atoms with Gasteiger partial charge in [-0.3, -0.25) is 14.5 Å². The van der Waals surface area contributed by atoms with E-state index in [1.54, 1.807) is 49.4 Å². The molecule has 26 heavy (non-hydrogen) atoms. The maximum Gasteiger partial charge on any atom is 0.324 e. The van der Waals surface area contributed by atoms with Gasteiger partial charge in [-0.25, -0.2) is 9.18 Å². The van der Waals surface area contributed by atoms with Gasteiger partial charge in [0.1, 0.15) is 5.82 Å². The zero-order chi connectivity index (χ0) is 18.7. The highest BCUT2D eigenvalue weighted by Crippen LogP contribution is 2.17. The fraction of sp³-hybridized carbons (Fsp3) is 0.211. The van der Waals surface area contributed by atoms with Crippen LogP contribution < -0.4 is 10.6 Å². The molecule has 0 aliphatic carbocycles. The van der Waals surface area contributed by atoms with E-state index in [0.717, 1.165) is 4.90 Å². The largest absolute Gasteiger partial charge is 0.345 e. The van der Waals surface area contributed by atoms with Crippen LogP contribution in [0, 0.1) is 5.82 Å². The minimum Gasteiger partial charge on any atom is -0.345 e. The Bertz CT molecular complexity index is 853. The number of carbonyl (C=O) groups is 3. The Hall–Kier alpha value is -3.22. The summed E-state index contributed by atoms with van der Waals surface area (Å²) in [6, 6.07) is 12.0. The van der Waals surface area contributed by atoms with Gasteiger partial charge in [-0.1, -0.05) is 30.3 Å². The number of halogens is 1. The van der Waals surface area contributed by atoms with Crippen molar-refractivity contribution < 1.29 is 18.8 Å². The molecule has 2 N–H and O–H groups in total. The monoisotopic (exact) mass is 355 g/mol. The van der Waals surface area contributed by atoms with E-state index >= 15 is 0 Å². The lowest BCUT2D eigenvalue weighted by molar-refractivity contribution is -0.125. The second-order valence-corrected chi connectivity index (χ2v) is 6.06. The zero-order valence-electron chi connectivity index (χ0n) is 14.2. The number of imide groups is 1. The molecule has 0 saturated carbocycles. The molecule has 1 aliphatic heterocycles. The van der Waals surface area contributed by atoms with Gasteiger partial charge in [0.15, 0.2) is 0 Å². The molecule has 7 heteroatoms. The van der Waals surface area contributed by atoms with Crippen LogP contribution in [0.2, 0.25) is 0 Å². The van der Waals surface area contributed by atoms with Crippen molar-refractivity contribution in [2.45, 2.75) is 19.5 Å². The molecule has 134 valence electrons. The molecule has 3 rings (SSSR count). The van der Waals surface area contributed by atoms with Crippen molar-refractivity contribution in [3.63, 3.8) is 0 Å². The molecule has 0 bridgehead atoms. The number of benzene rings is 2. The van der Waals surface area contributed by atoms with E-state index < -0.39 is 12.1 Å². The van der Waals surface area contributed by atoms with Gasteiger partial charge < -0.3 is 10.6 Å². The summed E-state index contributed by atoms with van der Waals surface area (Å²) in [5.41, 5.74) is 1.43. The summed E-state index contributed by atoms with van der Waals surface area (Å²) >= 11 is 0. The average Bonchev–Trinajstić information content (AvgIpc) is 2.94. The summed E-state index contributed by atoms with van der Waals surface area (Å²) in [6.45, 7) is 1.78. The standard InChI is InChI=1S/C19H18FN3O3/c1-12(15-7-2-3-8-16(15)20)22-18(25)14-6-4-5-13(9-14)11-23-17(24)10-21-19(23)26/h2-9,12H,10-11H2,1H3,(H,21,26)(H,22,25)/t12-/m1/s1. The quantitative estimate of drug-likeness (QED) is 0.808. The maximum atomic E-state index is 13.8. The number of amides is 4. The van der Waals surface area contributed by atoms with E-state index in [1.807, 2.05) is 0 Å². The SMILES string of the molecule is C[C@@H](NC(=O)c1cccc(CN2C(=O)CNC2=O)c1)c1ccccc1F. The van der Waals surface area contributed by atoms with Crippen LogP contribution in [-0.2, 0) is 11.3 Å². The first-order chi connectivity index (χ1) is 12.5. The lowest BCUT2D eigenvalue weighted by Crippen LogP contribution is -2.30. The van der Waals surface area contributed by atoms with Gasteiger partial charge in [-0.05, 0) is 30.7 Å². The first-order valence-electron chi connectivity index (χ1n) is 8.18. The first-order valence-corrected chi connectivity index (χ1v) is 8.18. The molecular formula is C19H18FN3O3. The van der Waals surface area contributed by atoms with Gasteiger partial charge in [0, 0.05) is 11.1 Å². The van der Waals surface area contributed by atoms with E-state index in [0.29, 0.717) is 16.7 Å². The lowest BCUT2D eigenvalue weighted by Gasteiger charge is -2.16. The lowest BCUT2D eigenvalue weighted by atomic mass is 10.1. The molecule has 1 saturated heterocycles. The highest BCUT2D eigenvalue weighted by molar-refractivity contribution is 6.02. The first kappa shape index (κ1) is 17.6. The van der Waals surface area contributed by atoms with Crippen molar-refractivity contribution >= 4 is 17.8 Å². The number of hydrogen-bond donors (Lipinski definition) is 2. The Morgan fingerprint density at radius 3 is 2.69 bits per heavy atom. The van der Waals surface area contributed by atoms with Crippen LogP contribution in [0.15, 0.2) is 48.5 Å². The number of nitrogens with one attached hydrogen (secondary N) is 2. The zero-order valence-corrected chi connectivity index (χ0v) is 14.2. The number of urea groups is 1. The van der Waals surface area contributed by atoms with Crippen LogP contribution in [0.3, 0.4) is 0 Å². The van der Waals surface area contributed by atoms with Crippen LogP contribution in [0.5, 0.6) is 0 Å². The summed E-state index contributed by atoms with van der Waals surface area (Å²) in [6.07, 6.45) is 0. The van der Waals surface area contributed by atoms with Crippen molar-refractivity contribution in [2.75, 3.05) is 6.54 Å². The third-order valence-electron chi connectivity index (χ3n) is 4.19. The molecule has 1 heterocycles. The van der Waals surface area contributed by atoms with Crippen LogP contribution >= 0.6 is 0 Å². The Morgan fingerprint density at radius 1 is 1.23 bits per heavy atom. The topological polar surface area (TPSA) is 78.5 Å². The van der Waals surface area contributed by atoms with Crippen molar-refractivity contribution in [1.29, 1.82) is 0 Å². The Labute approximate surface area is 150 Å². The Morgan fingerprint density at radius 2 is 2.00 bits per heavy atom. The second kappa shape index (κ2) is 7.35. The fourth-order valence-electron chi connectivity index (χ4n) is 2.79. The van der Waals surface area contributed by atoms with Gasteiger partial charge in [0.2, 0.25) is 5.91 Å². The Balaban J connectivity index is 1.71. The molecule has 4 amide bonds. The molecule has 2 aromatic carbocycles. The smallest absolute Gasteiger partial charge is 0.324 e. The summed E-state index contributed by atoms with van der Waals surface area (Å²) in [4.78, 5) is 36.9. The molecule has 0 radical (unpaired) electrons. The molecule has 1 atom stereocenters. The number of carbonyl (C=O) groups excluding carboxylic acids is 3. The molecule has 1 fully saturated rings. The molecule has 0 spiro atoms. The van der Waals surface area contributed by atoms with Crippen LogP contribution in [0.4, 0.5) is 9.18 Å². The van der Waals surface area contributed by atoms with Gasteiger partial charge in [-0.2, -0.15) is 0 Å². The van der Waals surface area contributed by atoms with Gasteiger partial charge in [0.25, 0.3) is 5.91 Å². The minimum absolute atomic E-state index is 0.0147. The van der Waals surface area contributed by atoms with Crippen molar-refractivity contribution in [2.24, 2.45) is 0 Å². The molecule has 0 aromatic heterocycles. The second-order valence-electron chi connectivity index (χ2n) is 6.06. The van der Waals surface area contributed by atoms with Crippen molar-refractivity contribution in [1.82, 2.24) is 15.5 Å². The van der Waals surface area contributed by atoms with Crippen LogP contribution in [0.1, 0.15) is 34.5 Å². The third-order valence-corrected chi connectivity index (χ3v) is 4.19. The summed E-state index contributed by atoms with van der Waals surface area (Å²) in [7, 11) is 0. The third kappa shape index (κ3) is 3.72. The fourth-order valence-corrected chi connectivity index (χ4v) is 2.79. The van der Waals surface area contributed by atoms with Crippen LogP contribution in [0.25, 0.3) is 0 Å². The predicted molar refractivity (Wildman–Crippen MR) is 92.7 cm³/mol. The summed E-state index contributed by atoms with van der Waals surface area (Å²) in [5.74, 6) is -1.05. The Kier molecular flexibility index (Phi) is 4.97. The van der Waals surface area contributed by atoms with Crippen molar-refractivity contribution in [3.05, 3.63) is 71.0 Å². The summed E-state index contributed by atoms with van der Waals surface area (Å²) < 4.78 is 13.8. The maximum absolute atomic E-state index is 13.8. The van der Waals surface area contributed by atoms with Crippen molar-refractivity contribution in [3.8, 4) is 0 Å². The normalized spacial score (nSPS) is 14.9. The van der Waals surface area contributed by atoms with E-state index in [2.05, 4.69) is 10.6 Å². The predicted octanol–water partition coefficient (Wildman–Crippen LogP) is 2.37. The highest BCUT2D eigenvalue weighted by Gasteiger charge is 2.28. The van der Waals surface area contributed by atoms with Gasteiger partial charge in [0.05, 0.1) is 19.1 Å². The number of rotatable bonds is 5. The summed E-state index contributed by atoms with van der Waals surface area (Å²) in [5, 5.41) is 5.20.